The minimum Gasteiger partial charge on any atom is -0.341 e. The van der Waals surface area contributed by atoms with Crippen molar-refractivity contribution in [1.29, 1.82) is 0 Å². The third-order valence-electron chi connectivity index (χ3n) is 3.49. The summed E-state index contributed by atoms with van der Waals surface area (Å²) < 4.78 is 0. The van der Waals surface area contributed by atoms with Crippen molar-refractivity contribution in [3.63, 3.8) is 0 Å². The number of carbonyl (C=O) groups excluding carboxylic acids is 1. The zero-order valence-corrected chi connectivity index (χ0v) is 8.81. The molecule has 1 unspecified atom stereocenters. The molecular formula is C10H19N3O. The van der Waals surface area contributed by atoms with Crippen molar-refractivity contribution in [3.05, 3.63) is 0 Å². The second-order valence-electron chi connectivity index (χ2n) is 4.51. The van der Waals surface area contributed by atoms with Crippen LogP contribution in [0.4, 0.5) is 4.79 Å². The summed E-state index contributed by atoms with van der Waals surface area (Å²) in [4.78, 5) is 13.5. The second-order valence-corrected chi connectivity index (χ2v) is 4.51. The van der Waals surface area contributed by atoms with Crippen LogP contribution in [0.15, 0.2) is 0 Å². The molecule has 2 rings (SSSR count). The van der Waals surface area contributed by atoms with Gasteiger partial charge < -0.3 is 15.5 Å². The van der Waals surface area contributed by atoms with Gasteiger partial charge in [-0.25, -0.2) is 4.79 Å². The van der Waals surface area contributed by atoms with Crippen LogP contribution in [-0.2, 0) is 0 Å². The predicted octanol–water partition coefficient (Wildman–Crippen LogP) is 0.401. The van der Waals surface area contributed by atoms with Crippen LogP contribution < -0.4 is 10.6 Å². The first-order valence-electron chi connectivity index (χ1n) is 5.43. The molecule has 0 aromatic rings. The van der Waals surface area contributed by atoms with E-state index in [9.17, 15) is 4.79 Å². The van der Waals surface area contributed by atoms with Crippen molar-refractivity contribution >= 4 is 6.03 Å². The van der Waals surface area contributed by atoms with Crippen molar-refractivity contribution in [3.8, 4) is 0 Å². The smallest absolute Gasteiger partial charge is 0.317 e. The van der Waals surface area contributed by atoms with Crippen LogP contribution in [0.1, 0.15) is 19.3 Å². The standard InChI is InChI=1S/C10H19N3O/c1-11-9(14)13-6-2-3-10(8-13)4-5-12-7-10/h12H,2-8H2,1H3,(H,11,14). The number of nitrogens with zero attached hydrogens (tertiary/aromatic N) is 1. The van der Waals surface area contributed by atoms with Crippen LogP contribution >= 0.6 is 0 Å². The maximum absolute atomic E-state index is 11.5. The largest absolute Gasteiger partial charge is 0.341 e. The van der Waals surface area contributed by atoms with E-state index in [1.165, 1.54) is 12.8 Å². The highest BCUT2D eigenvalue weighted by molar-refractivity contribution is 5.73. The lowest BCUT2D eigenvalue weighted by molar-refractivity contribution is 0.119. The lowest BCUT2D eigenvalue weighted by Crippen LogP contribution is -2.49. The average molecular weight is 197 g/mol. The second kappa shape index (κ2) is 3.77. The summed E-state index contributed by atoms with van der Waals surface area (Å²) in [6.07, 6.45) is 3.64. The van der Waals surface area contributed by atoms with Crippen LogP contribution in [0.25, 0.3) is 0 Å². The Balaban J connectivity index is 1.99. The molecule has 1 atom stereocenters. The van der Waals surface area contributed by atoms with Crippen molar-refractivity contribution in [2.24, 2.45) is 5.41 Å². The summed E-state index contributed by atoms with van der Waals surface area (Å²) in [6, 6.07) is 0.0796. The molecule has 2 heterocycles. The van der Waals surface area contributed by atoms with Gasteiger partial charge >= 0.3 is 6.03 Å². The summed E-state index contributed by atoms with van der Waals surface area (Å²) in [6.45, 7) is 4.04. The maximum atomic E-state index is 11.5. The highest BCUT2D eigenvalue weighted by Gasteiger charge is 2.38. The van der Waals surface area contributed by atoms with Gasteiger partial charge in [-0.05, 0) is 25.8 Å². The molecule has 4 nitrogen and oxygen atoms in total. The van der Waals surface area contributed by atoms with Gasteiger partial charge in [-0.15, -0.1) is 0 Å². The van der Waals surface area contributed by atoms with Crippen molar-refractivity contribution in [2.45, 2.75) is 19.3 Å². The Morgan fingerprint density at radius 2 is 2.36 bits per heavy atom. The first kappa shape index (κ1) is 9.77. The lowest BCUT2D eigenvalue weighted by atomic mass is 9.79. The van der Waals surface area contributed by atoms with E-state index in [1.54, 1.807) is 7.05 Å². The minimum atomic E-state index is 0.0796. The molecule has 0 radical (unpaired) electrons. The number of carbonyl (C=O) groups is 1. The first-order chi connectivity index (χ1) is 6.76. The number of amides is 2. The summed E-state index contributed by atoms with van der Waals surface area (Å²) in [7, 11) is 1.70. The third-order valence-corrected chi connectivity index (χ3v) is 3.49. The third kappa shape index (κ3) is 1.71. The monoisotopic (exact) mass is 197 g/mol. The van der Waals surface area contributed by atoms with Crippen molar-refractivity contribution in [1.82, 2.24) is 15.5 Å². The lowest BCUT2D eigenvalue weighted by Gasteiger charge is -2.39. The summed E-state index contributed by atoms with van der Waals surface area (Å²) in [5.41, 5.74) is 0.380. The summed E-state index contributed by atoms with van der Waals surface area (Å²) in [5.74, 6) is 0. The van der Waals surface area contributed by atoms with E-state index in [4.69, 9.17) is 0 Å². The molecule has 14 heavy (non-hydrogen) atoms. The number of hydrogen-bond donors (Lipinski definition) is 2. The van der Waals surface area contributed by atoms with Crippen molar-refractivity contribution in [2.75, 3.05) is 33.2 Å². The van der Waals surface area contributed by atoms with Crippen LogP contribution in [0, 0.1) is 5.41 Å². The summed E-state index contributed by atoms with van der Waals surface area (Å²) >= 11 is 0. The molecule has 0 saturated carbocycles. The molecule has 2 saturated heterocycles. The normalized spacial score (nSPS) is 32.2. The van der Waals surface area contributed by atoms with Crippen LogP contribution in [0.5, 0.6) is 0 Å². The fourth-order valence-electron chi connectivity index (χ4n) is 2.68. The predicted molar refractivity (Wildman–Crippen MR) is 55.2 cm³/mol. The number of urea groups is 1. The van der Waals surface area contributed by atoms with E-state index in [1.807, 2.05) is 4.90 Å². The van der Waals surface area contributed by atoms with Gasteiger partial charge in [-0.3, -0.25) is 0 Å². The fraction of sp³-hybridized carbons (Fsp3) is 0.900. The molecular weight excluding hydrogens is 178 g/mol. The molecule has 2 aliphatic heterocycles. The van der Waals surface area contributed by atoms with E-state index < -0.39 is 0 Å². The zero-order valence-electron chi connectivity index (χ0n) is 8.81. The minimum absolute atomic E-state index is 0.0796. The van der Waals surface area contributed by atoms with Crippen LogP contribution in [0.2, 0.25) is 0 Å². The fourth-order valence-corrected chi connectivity index (χ4v) is 2.68. The molecule has 1 spiro atoms. The average Bonchev–Trinajstić information content (AvgIpc) is 2.65. The number of likely N-dealkylation sites (tertiary alicyclic amines) is 1. The van der Waals surface area contributed by atoms with E-state index in [2.05, 4.69) is 10.6 Å². The van der Waals surface area contributed by atoms with E-state index in [0.717, 1.165) is 32.6 Å². The van der Waals surface area contributed by atoms with Gasteiger partial charge in [0.2, 0.25) is 0 Å². The molecule has 0 aromatic heterocycles. The maximum Gasteiger partial charge on any atom is 0.317 e. The zero-order chi connectivity index (χ0) is 10.0. The Morgan fingerprint density at radius 3 is 3.00 bits per heavy atom. The van der Waals surface area contributed by atoms with Gasteiger partial charge in [0.25, 0.3) is 0 Å². The Kier molecular flexibility index (Phi) is 2.63. The Morgan fingerprint density at radius 1 is 1.50 bits per heavy atom. The van der Waals surface area contributed by atoms with Gasteiger partial charge in [0, 0.05) is 32.1 Å². The number of hydrogen-bond acceptors (Lipinski definition) is 2. The number of rotatable bonds is 0. The van der Waals surface area contributed by atoms with E-state index in [0.29, 0.717) is 5.41 Å². The molecule has 2 fully saturated rings. The van der Waals surface area contributed by atoms with E-state index >= 15 is 0 Å². The first-order valence-corrected chi connectivity index (χ1v) is 5.43. The summed E-state index contributed by atoms with van der Waals surface area (Å²) in [5, 5.41) is 6.11. The Labute approximate surface area is 85.0 Å². The Hall–Kier alpha value is -0.770. The van der Waals surface area contributed by atoms with Crippen LogP contribution in [0.3, 0.4) is 0 Å². The Bertz CT molecular complexity index is 223. The van der Waals surface area contributed by atoms with Gasteiger partial charge in [-0.2, -0.15) is 0 Å². The molecule has 4 heteroatoms. The molecule has 0 aromatic carbocycles. The van der Waals surface area contributed by atoms with Crippen LogP contribution in [-0.4, -0.2) is 44.2 Å². The molecule has 2 aliphatic rings. The van der Waals surface area contributed by atoms with Gasteiger partial charge in [-0.1, -0.05) is 0 Å². The van der Waals surface area contributed by atoms with Gasteiger partial charge in [0.1, 0.15) is 0 Å². The molecule has 0 aliphatic carbocycles. The van der Waals surface area contributed by atoms with E-state index in [-0.39, 0.29) is 6.03 Å². The quantitative estimate of drug-likeness (QED) is 0.590. The highest BCUT2D eigenvalue weighted by atomic mass is 16.2. The molecule has 2 amide bonds. The molecule has 80 valence electrons. The molecule has 0 bridgehead atoms. The number of nitrogens with one attached hydrogen (secondary N) is 2. The van der Waals surface area contributed by atoms with Crippen molar-refractivity contribution < 1.29 is 4.79 Å². The molecule has 2 N–H and O–H groups in total. The van der Waals surface area contributed by atoms with Gasteiger partial charge in [0.05, 0.1) is 0 Å². The van der Waals surface area contributed by atoms with Gasteiger partial charge in [0.15, 0.2) is 0 Å². The topological polar surface area (TPSA) is 44.4 Å². The SMILES string of the molecule is CNC(=O)N1CCCC2(CCNC2)C1. The number of piperidine rings is 1. The highest BCUT2D eigenvalue weighted by Crippen LogP contribution is 2.35.